The largest absolute Gasteiger partial charge is 0.310 e. The summed E-state index contributed by atoms with van der Waals surface area (Å²) in [6.07, 6.45) is 7.78. The summed E-state index contributed by atoms with van der Waals surface area (Å²) in [5.74, 6) is 1.67. The van der Waals surface area contributed by atoms with Crippen LogP contribution in [-0.4, -0.2) is 16.0 Å². The van der Waals surface area contributed by atoms with Gasteiger partial charge in [0.15, 0.2) is 0 Å². The molecule has 0 aliphatic heterocycles. The molecule has 82 valence electrons. The second kappa shape index (κ2) is 4.71. The quantitative estimate of drug-likeness (QED) is 0.819. The smallest absolute Gasteiger partial charge is 0.131 e. The molecule has 1 aromatic rings. The van der Waals surface area contributed by atoms with Gasteiger partial charge in [0.25, 0.3) is 0 Å². The molecule has 0 bridgehead atoms. The molecule has 1 fully saturated rings. The third-order valence-corrected chi connectivity index (χ3v) is 2.91. The molecule has 0 unspecified atom stereocenters. The number of aromatic nitrogens is 2. The van der Waals surface area contributed by atoms with Crippen molar-refractivity contribution in [3.8, 4) is 0 Å². The molecule has 3 heteroatoms. The summed E-state index contributed by atoms with van der Waals surface area (Å²) in [6, 6.07) is 0.510. The van der Waals surface area contributed by atoms with Gasteiger partial charge in [-0.2, -0.15) is 0 Å². The minimum atomic E-state index is 0.510. The van der Waals surface area contributed by atoms with Crippen LogP contribution in [0, 0.1) is 0 Å². The third kappa shape index (κ3) is 2.75. The van der Waals surface area contributed by atoms with E-state index in [1.165, 1.54) is 24.8 Å². The van der Waals surface area contributed by atoms with Crippen molar-refractivity contribution in [2.24, 2.45) is 0 Å². The Morgan fingerprint density at radius 1 is 1.33 bits per heavy atom. The molecule has 0 atom stereocenters. The van der Waals surface area contributed by atoms with Crippen molar-refractivity contribution < 1.29 is 0 Å². The second-order valence-electron chi connectivity index (χ2n) is 4.61. The highest BCUT2D eigenvalue weighted by Gasteiger charge is 2.21. The van der Waals surface area contributed by atoms with E-state index in [4.69, 9.17) is 0 Å². The van der Waals surface area contributed by atoms with Crippen molar-refractivity contribution >= 4 is 0 Å². The number of rotatable bonds is 4. The molecule has 2 rings (SSSR count). The molecule has 0 spiro atoms. The fourth-order valence-corrected chi connectivity index (χ4v) is 1.66. The molecule has 3 nitrogen and oxygen atoms in total. The maximum absolute atomic E-state index is 4.43. The van der Waals surface area contributed by atoms with Crippen molar-refractivity contribution in [2.75, 3.05) is 0 Å². The Morgan fingerprint density at radius 3 is 2.47 bits per heavy atom. The molecule has 0 amide bonds. The van der Waals surface area contributed by atoms with Gasteiger partial charge in [0.2, 0.25) is 0 Å². The highest BCUT2D eigenvalue weighted by molar-refractivity contribution is 5.08. The molecule has 0 radical (unpaired) electrons. The minimum absolute atomic E-state index is 0.510. The summed E-state index contributed by atoms with van der Waals surface area (Å²) >= 11 is 0. The van der Waals surface area contributed by atoms with Gasteiger partial charge in [0, 0.05) is 36.5 Å². The van der Waals surface area contributed by atoms with Gasteiger partial charge in [0.05, 0.1) is 0 Å². The van der Waals surface area contributed by atoms with Crippen LogP contribution in [0.25, 0.3) is 0 Å². The molecule has 1 N–H and O–H groups in total. The molecule has 0 aromatic carbocycles. The van der Waals surface area contributed by atoms with Gasteiger partial charge < -0.3 is 5.32 Å². The first-order chi connectivity index (χ1) is 7.25. The van der Waals surface area contributed by atoms with Gasteiger partial charge in [-0.1, -0.05) is 20.3 Å². The molecule has 0 saturated heterocycles. The predicted octanol–water partition coefficient (Wildman–Crippen LogP) is 2.24. The highest BCUT2D eigenvalue weighted by Crippen LogP contribution is 2.33. The Hall–Kier alpha value is -0.960. The monoisotopic (exact) mass is 205 g/mol. The summed E-state index contributed by atoms with van der Waals surface area (Å²) in [4.78, 5) is 8.86. The Morgan fingerprint density at radius 2 is 2.00 bits per heavy atom. The molecule has 1 heterocycles. The normalized spacial score (nSPS) is 16.7. The van der Waals surface area contributed by atoms with Crippen LogP contribution in [0.2, 0.25) is 0 Å². The van der Waals surface area contributed by atoms with Crippen molar-refractivity contribution in [3.05, 3.63) is 23.8 Å². The third-order valence-electron chi connectivity index (χ3n) is 2.91. The number of nitrogens with zero attached hydrogens (tertiary/aromatic N) is 2. The molecule has 1 aliphatic carbocycles. The maximum atomic E-state index is 4.43. The second-order valence-corrected chi connectivity index (χ2v) is 4.61. The van der Waals surface area contributed by atoms with Crippen molar-refractivity contribution in [1.82, 2.24) is 15.3 Å². The van der Waals surface area contributed by atoms with Gasteiger partial charge in [-0.05, 0) is 12.8 Å². The summed E-state index contributed by atoms with van der Waals surface area (Å²) in [5, 5.41) is 3.36. The first-order valence-electron chi connectivity index (χ1n) is 5.80. The van der Waals surface area contributed by atoms with Crippen LogP contribution < -0.4 is 5.32 Å². The van der Waals surface area contributed by atoms with E-state index in [2.05, 4.69) is 29.1 Å². The lowest BCUT2D eigenvalue weighted by Gasteiger charge is -2.23. The molecular weight excluding hydrogens is 186 g/mol. The van der Waals surface area contributed by atoms with E-state index in [9.17, 15) is 0 Å². The van der Waals surface area contributed by atoms with E-state index >= 15 is 0 Å². The first kappa shape index (κ1) is 10.6. The average molecular weight is 205 g/mol. The Labute approximate surface area is 91.3 Å². The summed E-state index contributed by atoms with van der Waals surface area (Å²) in [6.45, 7) is 5.15. The fraction of sp³-hybridized carbons (Fsp3) is 0.667. The zero-order chi connectivity index (χ0) is 10.7. The van der Waals surface area contributed by atoms with E-state index in [-0.39, 0.29) is 0 Å². The van der Waals surface area contributed by atoms with Gasteiger partial charge >= 0.3 is 0 Å². The Bertz CT molecular complexity index is 301. The van der Waals surface area contributed by atoms with Crippen molar-refractivity contribution in [1.29, 1.82) is 0 Å². The molecule has 1 aliphatic rings. The van der Waals surface area contributed by atoms with Gasteiger partial charge in [-0.3, -0.25) is 0 Å². The van der Waals surface area contributed by atoms with Crippen LogP contribution in [0.5, 0.6) is 0 Å². The minimum Gasteiger partial charge on any atom is -0.310 e. The summed E-state index contributed by atoms with van der Waals surface area (Å²) in [5.41, 5.74) is 1.17. The van der Waals surface area contributed by atoms with Crippen LogP contribution in [0.15, 0.2) is 12.4 Å². The van der Waals surface area contributed by atoms with Gasteiger partial charge in [-0.15, -0.1) is 0 Å². The standard InChI is InChI=1S/C12H19N3/c1-9(2)13-6-10-7-14-12(15-8-10)11-4-3-5-11/h7-9,11,13H,3-6H2,1-2H3. The predicted molar refractivity (Wildman–Crippen MR) is 60.6 cm³/mol. The van der Waals surface area contributed by atoms with E-state index in [0.717, 1.165) is 12.4 Å². The van der Waals surface area contributed by atoms with E-state index in [1.54, 1.807) is 0 Å². The average Bonchev–Trinajstić information content (AvgIpc) is 2.14. The molecule has 1 aromatic heterocycles. The van der Waals surface area contributed by atoms with Crippen molar-refractivity contribution in [3.63, 3.8) is 0 Å². The highest BCUT2D eigenvalue weighted by atomic mass is 14.9. The summed E-state index contributed by atoms with van der Waals surface area (Å²) in [7, 11) is 0. The Kier molecular flexibility index (Phi) is 3.31. The van der Waals surface area contributed by atoms with Gasteiger partial charge in [-0.25, -0.2) is 9.97 Å². The van der Waals surface area contributed by atoms with Crippen molar-refractivity contribution in [2.45, 2.75) is 51.6 Å². The molecule has 15 heavy (non-hydrogen) atoms. The van der Waals surface area contributed by atoms with E-state index in [1.807, 2.05) is 12.4 Å². The SMILES string of the molecule is CC(C)NCc1cnc(C2CCC2)nc1. The Balaban J connectivity index is 1.91. The maximum Gasteiger partial charge on any atom is 0.131 e. The number of hydrogen-bond donors (Lipinski definition) is 1. The summed E-state index contributed by atoms with van der Waals surface area (Å²) < 4.78 is 0. The lowest BCUT2D eigenvalue weighted by Crippen LogP contribution is -2.22. The van der Waals surface area contributed by atoms with Crippen LogP contribution in [0.3, 0.4) is 0 Å². The first-order valence-corrected chi connectivity index (χ1v) is 5.80. The topological polar surface area (TPSA) is 37.8 Å². The zero-order valence-electron chi connectivity index (χ0n) is 9.53. The fourth-order valence-electron chi connectivity index (χ4n) is 1.66. The van der Waals surface area contributed by atoms with Crippen LogP contribution in [0.4, 0.5) is 0 Å². The lowest BCUT2D eigenvalue weighted by molar-refractivity contribution is 0.401. The number of nitrogens with one attached hydrogen (secondary N) is 1. The van der Waals surface area contributed by atoms with Gasteiger partial charge in [0.1, 0.15) is 5.82 Å². The van der Waals surface area contributed by atoms with E-state index in [0.29, 0.717) is 12.0 Å². The number of hydrogen-bond acceptors (Lipinski definition) is 3. The van der Waals surface area contributed by atoms with Crippen LogP contribution >= 0.6 is 0 Å². The molecular formula is C12H19N3. The zero-order valence-corrected chi connectivity index (χ0v) is 9.53. The molecule has 1 saturated carbocycles. The van der Waals surface area contributed by atoms with Crippen LogP contribution in [0.1, 0.15) is 50.4 Å². The lowest BCUT2D eigenvalue weighted by atomic mass is 9.85. The van der Waals surface area contributed by atoms with E-state index < -0.39 is 0 Å². The van der Waals surface area contributed by atoms with Crippen LogP contribution in [-0.2, 0) is 6.54 Å².